The molecule has 8 aromatic carbocycles. The molecule has 54 heavy (non-hydrogen) atoms. The Bertz CT molecular complexity index is 3230. The summed E-state index contributed by atoms with van der Waals surface area (Å²) in [5.41, 5.74) is 9.02. The van der Waals surface area contributed by atoms with Gasteiger partial charge in [0.1, 0.15) is 11.2 Å². The molecule has 0 atom stereocenters. The Hall–Kier alpha value is -6.95. The molecule has 5 heteroatoms. The molecule has 0 radical (unpaired) electrons. The van der Waals surface area contributed by atoms with Crippen LogP contribution < -0.4 is 0 Å². The lowest BCUT2D eigenvalue weighted by Crippen LogP contribution is -2.00. The van der Waals surface area contributed by atoms with Crippen molar-refractivity contribution in [3.63, 3.8) is 0 Å². The van der Waals surface area contributed by atoms with Crippen LogP contribution in [-0.2, 0) is 0 Å². The number of para-hydroxylation sites is 1. The van der Waals surface area contributed by atoms with Crippen molar-refractivity contribution in [1.82, 2.24) is 15.0 Å². The quantitative estimate of drug-likeness (QED) is 0.179. The number of hydrogen-bond acceptors (Lipinski definition) is 5. The van der Waals surface area contributed by atoms with E-state index in [0.29, 0.717) is 17.5 Å². The molecular weight excluding hydrogens is 679 g/mol. The normalized spacial score (nSPS) is 11.7. The van der Waals surface area contributed by atoms with Gasteiger partial charge in [-0.3, -0.25) is 0 Å². The summed E-state index contributed by atoms with van der Waals surface area (Å²) in [6, 6.07) is 61.7. The van der Waals surface area contributed by atoms with Crippen LogP contribution in [0.25, 0.3) is 109 Å². The molecule has 3 heterocycles. The van der Waals surface area contributed by atoms with Gasteiger partial charge in [-0.1, -0.05) is 121 Å². The second-order valence-corrected chi connectivity index (χ2v) is 14.7. The van der Waals surface area contributed by atoms with Crippen LogP contribution in [0.4, 0.5) is 0 Å². The summed E-state index contributed by atoms with van der Waals surface area (Å²) in [5.74, 6) is 1.84. The van der Waals surface area contributed by atoms with Crippen molar-refractivity contribution in [2.75, 3.05) is 0 Å². The predicted molar refractivity (Wildman–Crippen MR) is 225 cm³/mol. The molecule has 0 aliphatic carbocycles. The van der Waals surface area contributed by atoms with Crippen LogP contribution in [0.1, 0.15) is 0 Å². The van der Waals surface area contributed by atoms with Gasteiger partial charge in [0, 0.05) is 47.6 Å². The highest BCUT2D eigenvalue weighted by atomic mass is 32.1. The number of nitrogens with zero attached hydrogens (tertiary/aromatic N) is 3. The van der Waals surface area contributed by atoms with E-state index in [9.17, 15) is 0 Å². The number of thiophene rings is 1. The number of benzene rings is 8. The third-order valence-corrected chi connectivity index (χ3v) is 11.5. The van der Waals surface area contributed by atoms with Crippen molar-refractivity contribution in [3.8, 4) is 56.4 Å². The maximum Gasteiger partial charge on any atom is 0.164 e. The van der Waals surface area contributed by atoms with Crippen LogP contribution in [0.5, 0.6) is 0 Å². The Morgan fingerprint density at radius 1 is 0.352 bits per heavy atom. The molecule has 0 spiro atoms. The monoisotopic (exact) mass is 707 g/mol. The van der Waals surface area contributed by atoms with Crippen molar-refractivity contribution in [2.45, 2.75) is 0 Å². The summed E-state index contributed by atoms with van der Waals surface area (Å²) >= 11 is 1.81. The third kappa shape index (κ3) is 5.09. The number of hydrogen-bond donors (Lipinski definition) is 0. The smallest absolute Gasteiger partial charge is 0.164 e. The van der Waals surface area contributed by atoms with Crippen LogP contribution in [0.15, 0.2) is 180 Å². The fourth-order valence-electron chi connectivity index (χ4n) is 7.75. The number of aromatic nitrogens is 3. The zero-order valence-corrected chi connectivity index (χ0v) is 29.7. The highest BCUT2D eigenvalue weighted by Crippen LogP contribution is 2.40. The maximum atomic E-state index is 6.30. The van der Waals surface area contributed by atoms with Crippen LogP contribution >= 0.6 is 11.3 Å². The van der Waals surface area contributed by atoms with Gasteiger partial charge in [0.2, 0.25) is 0 Å². The summed E-state index contributed by atoms with van der Waals surface area (Å²) in [6.45, 7) is 0. The fourth-order valence-corrected chi connectivity index (χ4v) is 8.84. The average Bonchev–Trinajstić information content (AvgIpc) is 3.82. The Balaban J connectivity index is 1.13. The molecule has 3 aromatic heterocycles. The van der Waals surface area contributed by atoms with Gasteiger partial charge in [-0.25, -0.2) is 15.0 Å². The first-order chi connectivity index (χ1) is 26.7. The van der Waals surface area contributed by atoms with Crippen molar-refractivity contribution >= 4 is 64.2 Å². The van der Waals surface area contributed by atoms with Crippen LogP contribution in [0.2, 0.25) is 0 Å². The summed E-state index contributed by atoms with van der Waals surface area (Å²) in [4.78, 5) is 15.7. The van der Waals surface area contributed by atoms with E-state index in [2.05, 4.69) is 146 Å². The summed E-state index contributed by atoms with van der Waals surface area (Å²) < 4.78 is 8.80. The van der Waals surface area contributed by atoms with Crippen molar-refractivity contribution in [2.24, 2.45) is 0 Å². The first-order valence-corrected chi connectivity index (χ1v) is 18.8. The summed E-state index contributed by atoms with van der Waals surface area (Å²) in [5, 5.41) is 6.85. The minimum atomic E-state index is 0.601. The first-order valence-electron chi connectivity index (χ1n) is 18.0. The van der Waals surface area contributed by atoms with Crippen molar-refractivity contribution < 1.29 is 4.42 Å². The third-order valence-electron chi connectivity index (χ3n) is 10.3. The second kappa shape index (κ2) is 12.3. The minimum absolute atomic E-state index is 0.601. The maximum absolute atomic E-state index is 6.30. The van der Waals surface area contributed by atoms with Gasteiger partial charge >= 0.3 is 0 Å². The SMILES string of the molecule is c1ccc(-c2cc(-c3cccc(-c4nc(-c5ccc6sc7ccccc7c6c5)nc(-c5cccc6oc7ccccc7c56)n4)c3)c3ccccc3c2)cc1. The zero-order valence-electron chi connectivity index (χ0n) is 28.9. The van der Waals surface area contributed by atoms with Crippen LogP contribution in [-0.4, -0.2) is 15.0 Å². The van der Waals surface area contributed by atoms with E-state index in [0.717, 1.165) is 49.8 Å². The molecule has 252 valence electrons. The Morgan fingerprint density at radius 3 is 1.89 bits per heavy atom. The number of rotatable bonds is 5. The molecule has 0 aliphatic rings. The van der Waals surface area contributed by atoms with Gasteiger partial charge in [0.15, 0.2) is 17.5 Å². The van der Waals surface area contributed by atoms with Gasteiger partial charge in [0.05, 0.1) is 0 Å². The lowest BCUT2D eigenvalue weighted by molar-refractivity contribution is 0.669. The van der Waals surface area contributed by atoms with E-state index in [-0.39, 0.29) is 0 Å². The molecule has 0 aliphatic heterocycles. The molecule has 0 unspecified atom stereocenters. The highest BCUT2D eigenvalue weighted by molar-refractivity contribution is 7.25. The van der Waals surface area contributed by atoms with Gasteiger partial charge in [0.25, 0.3) is 0 Å². The molecule has 11 rings (SSSR count). The molecule has 0 bridgehead atoms. The molecule has 0 amide bonds. The first kappa shape index (κ1) is 30.7. The standard InChI is InChI=1S/C49H29N3OS/c1-2-12-30(13-3-1)35-27-31-14-4-5-17-36(31)40(29-35)32-15-10-16-33(26-32)47-50-48(34-24-25-45-41(28-34)37-18-7-9-23-44(37)54-45)52-49(51-47)39-20-11-22-43-46(39)38-19-6-8-21-42(38)53-43/h1-29H. The van der Waals surface area contributed by atoms with E-state index in [4.69, 9.17) is 19.4 Å². The van der Waals surface area contributed by atoms with Gasteiger partial charge in [-0.15, -0.1) is 11.3 Å². The molecule has 0 fully saturated rings. The molecule has 0 N–H and O–H groups in total. The van der Waals surface area contributed by atoms with E-state index < -0.39 is 0 Å². The zero-order chi connectivity index (χ0) is 35.6. The van der Waals surface area contributed by atoms with Crippen LogP contribution in [0, 0.1) is 0 Å². The van der Waals surface area contributed by atoms with E-state index in [1.165, 1.54) is 42.1 Å². The van der Waals surface area contributed by atoms with E-state index in [1.54, 1.807) is 11.3 Å². The summed E-state index contributed by atoms with van der Waals surface area (Å²) in [7, 11) is 0. The molecule has 0 saturated carbocycles. The lowest BCUT2D eigenvalue weighted by Gasteiger charge is -2.13. The fraction of sp³-hybridized carbons (Fsp3) is 0. The predicted octanol–water partition coefficient (Wildman–Crippen LogP) is 13.6. The Morgan fingerprint density at radius 2 is 1.00 bits per heavy atom. The van der Waals surface area contributed by atoms with Crippen molar-refractivity contribution in [1.29, 1.82) is 0 Å². The van der Waals surface area contributed by atoms with Gasteiger partial charge in [-0.2, -0.15) is 0 Å². The topological polar surface area (TPSA) is 51.8 Å². The lowest BCUT2D eigenvalue weighted by atomic mass is 9.92. The summed E-state index contributed by atoms with van der Waals surface area (Å²) in [6.07, 6.45) is 0. The minimum Gasteiger partial charge on any atom is -0.456 e. The average molecular weight is 708 g/mol. The molecule has 4 nitrogen and oxygen atoms in total. The Kier molecular flexibility index (Phi) is 7.00. The number of furan rings is 1. The molecular formula is C49H29N3OS. The van der Waals surface area contributed by atoms with Crippen LogP contribution in [0.3, 0.4) is 0 Å². The van der Waals surface area contributed by atoms with E-state index >= 15 is 0 Å². The van der Waals surface area contributed by atoms with Crippen molar-refractivity contribution in [3.05, 3.63) is 176 Å². The Labute approximate surface area is 314 Å². The second-order valence-electron chi connectivity index (χ2n) is 13.6. The largest absolute Gasteiger partial charge is 0.456 e. The van der Waals surface area contributed by atoms with E-state index in [1.807, 2.05) is 30.3 Å². The highest BCUT2D eigenvalue weighted by Gasteiger charge is 2.19. The van der Waals surface area contributed by atoms with Gasteiger partial charge in [-0.05, 0) is 87.6 Å². The number of fused-ring (bicyclic) bond motifs is 7. The molecule has 11 aromatic rings. The van der Waals surface area contributed by atoms with Gasteiger partial charge < -0.3 is 4.42 Å². The molecule has 0 saturated heterocycles.